The van der Waals surface area contributed by atoms with Crippen LogP contribution in [0.5, 0.6) is 0 Å². The van der Waals surface area contributed by atoms with Crippen molar-refractivity contribution in [3.8, 4) is 0 Å². The zero-order chi connectivity index (χ0) is 12.6. The fraction of sp³-hybridized carbons (Fsp3) is 0.417. The number of benzene rings is 1. The molecule has 1 saturated carbocycles. The van der Waals surface area contributed by atoms with Gasteiger partial charge in [0, 0.05) is 5.56 Å². The van der Waals surface area contributed by atoms with Gasteiger partial charge in [0.25, 0.3) is 0 Å². The van der Waals surface area contributed by atoms with Gasteiger partial charge in [-0.25, -0.2) is 8.78 Å². The van der Waals surface area contributed by atoms with Crippen LogP contribution >= 0.6 is 11.6 Å². The van der Waals surface area contributed by atoms with Crippen LogP contribution in [0.3, 0.4) is 0 Å². The van der Waals surface area contributed by atoms with E-state index in [9.17, 15) is 18.7 Å². The third kappa shape index (κ3) is 1.90. The normalized spacial score (nSPS) is 18.3. The van der Waals surface area contributed by atoms with Crippen LogP contribution in [0.1, 0.15) is 31.2 Å². The first kappa shape index (κ1) is 12.3. The highest BCUT2D eigenvalue weighted by atomic mass is 35.5. The number of aliphatic carboxylic acids is 1. The van der Waals surface area contributed by atoms with Gasteiger partial charge in [0.05, 0.1) is 10.4 Å². The van der Waals surface area contributed by atoms with E-state index in [0.29, 0.717) is 25.7 Å². The largest absolute Gasteiger partial charge is 0.481 e. The third-order valence-electron chi connectivity index (χ3n) is 3.38. The van der Waals surface area contributed by atoms with E-state index in [1.54, 1.807) is 0 Å². The summed E-state index contributed by atoms with van der Waals surface area (Å²) in [7, 11) is 0. The molecule has 0 atom stereocenters. The molecule has 0 aromatic heterocycles. The van der Waals surface area contributed by atoms with Crippen LogP contribution in [-0.2, 0) is 10.2 Å². The second kappa shape index (κ2) is 4.26. The number of hydrogen-bond donors (Lipinski definition) is 1. The van der Waals surface area contributed by atoms with E-state index < -0.39 is 23.0 Å². The molecule has 0 bridgehead atoms. The predicted molar refractivity (Wildman–Crippen MR) is 59.1 cm³/mol. The van der Waals surface area contributed by atoms with Crippen molar-refractivity contribution in [2.75, 3.05) is 0 Å². The average molecular weight is 261 g/mol. The van der Waals surface area contributed by atoms with Crippen LogP contribution < -0.4 is 0 Å². The number of carboxylic acid groups (broad SMARTS) is 1. The Hall–Kier alpha value is -1.16. The maximum Gasteiger partial charge on any atom is 0.314 e. The van der Waals surface area contributed by atoms with Crippen LogP contribution in [0.4, 0.5) is 8.78 Å². The summed E-state index contributed by atoms with van der Waals surface area (Å²) in [6.45, 7) is 0. The van der Waals surface area contributed by atoms with Gasteiger partial charge in [0.15, 0.2) is 0 Å². The molecule has 1 aliphatic carbocycles. The van der Waals surface area contributed by atoms with Crippen molar-refractivity contribution >= 4 is 17.6 Å². The van der Waals surface area contributed by atoms with Gasteiger partial charge in [-0.2, -0.15) is 0 Å². The molecular weight excluding hydrogens is 250 g/mol. The molecule has 2 nitrogen and oxygen atoms in total. The minimum absolute atomic E-state index is 0.132. The Balaban J connectivity index is 2.62. The van der Waals surface area contributed by atoms with Crippen molar-refractivity contribution in [1.82, 2.24) is 0 Å². The molecule has 0 aliphatic heterocycles. The number of rotatable bonds is 2. The quantitative estimate of drug-likeness (QED) is 0.826. The summed E-state index contributed by atoms with van der Waals surface area (Å²) in [6.07, 6.45) is 2.03. The van der Waals surface area contributed by atoms with Gasteiger partial charge >= 0.3 is 5.97 Å². The number of carbonyl (C=O) groups is 1. The van der Waals surface area contributed by atoms with Crippen LogP contribution in [0.2, 0.25) is 5.02 Å². The molecule has 0 heterocycles. The van der Waals surface area contributed by atoms with Crippen molar-refractivity contribution in [1.29, 1.82) is 0 Å². The minimum Gasteiger partial charge on any atom is -0.481 e. The smallest absolute Gasteiger partial charge is 0.314 e. The highest BCUT2D eigenvalue weighted by Gasteiger charge is 2.45. The Bertz CT molecular complexity index is 468. The average Bonchev–Trinajstić information content (AvgIpc) is 2.73. The Morgan fingerprint density at radius 3 is 2.41 bits per heavy atom. The standard InChI is InChI=1S/C12H11ClF2O2/c13-9-6-7(14)5-8(10(9)15)12(11(16)17)3-1-2-4-12/h5-6H,1-4H2,(H,16,17). The Labute approximate surface area is 102 Å². The highest BCUT2D eigenvalue weighted by molar-refractivity contribution is 6.30. The molecule has 0 unspecified atom stereocenters. The van der Waals surface area contributed by atoms with Crippen molar-refractivity contribution < 1.29 is 18.7 Å². The van der Waals surface area contributed by atoms with E-state index in [-0.39, 0.29) is 10.6 Å². The van der Waals surface area contributed by atoms with Crippen LogP contribution in [-0.4, -0.2) is 11.1 Å². The van der Waals surface area contributed by atoms with Crippen LogP contribution in [0.15, 0.2) is 12.1 Å². The lowest BCUT2D eigenvalue weighted by atomic mass is 9.78. The molecule has 17 heavy (non-hydrogen) atoms. The maximum atomic E-state index is 13.9. The number of carboxylic acids is 1. The van der Waals surface area contributed by atoms with Crippen LogP contribution in [0, 0.1) is 11.6 Å². The SMILES string of the molecule is O=C(O)C1(c2cc(F)cc(Cl)c2F)CCCC1. The maximum absolute atomic E-state index is 13.9. The van der Waals surface area contributed by atoms with E-state index in [1.807, 2.05) is 0 Å². The first-order chi connectivity index (χ1) is 7.97. The Morgan fingerprint density at radius 1 is 1.29 bits per heavy atom. The molecule has 1 N–H and O–H groups in total. The number of halogens is 3. The van der Waals surface area contributed by atoms with Gasteiger partial charge < -0.3 is 5.11 Å². The highest BCUT2D eigenvalue weighted by Crippen LogP contribution is 2.43. The molecule has 92 valence electrons. The summed E-state index contributed by atoms with van der Waals surface area (Å²) in [5, 5.41) is 8.92. The summed E-state index contributed by atoms with van der Waals surface area (Å²) in [5.74, 6) is -2.65. The molecule has 5 heteroatoms. The van der Waals surface area contributed by atoms with E-state index in [4.69, 9.17) is 11.6 Å². The van der Waals surface area contributed by atoms with E-state index in [0.717, 1.165) is 12.1 Å². The first-order valence-corrected chi connectivity index (χ1v) is 5.73. The van der Waals surface area contributed by atoms with Gasteiger partial charge in [-0.1, -0.05) is 24.4 Å². The first-order valence-electron chi connectivity index (χ1n) is 5.36. The topological polar surface area (TPSA) is 37.3 Å². The molecule has 1 fully saturated rings. The molecule has 1 aliphatic rings. The molecule has 0 spiro atoms. The van der Waals surface area contributed by atoms with Crippen molar-refractivity contribution in [3.63, 3.8) is 0 Å². The zero-order valence-corrected chi connectivity index (χ0v) is 9.73. The van der Waals surface area contributed by atoms with Crippen molar-refractivity contribution in [2.45, 2.75) is 31.1 Å². The zero-order valence-electron chi connectivity index (χ0n) is 8.97. The molecule has 0 radical (unpaired) electrons. The van der Waals surface area contributed by atoms with E-state index >= 15 is 0 Å². The van der Waals surface area contributed by atoms with Gasteiger partial charge in [0.1, 0.15) is 11.6 Å². The molecule has 0 amide bonds. The van der Waals surface area contributed by atoms with Gasteiger partial charge in [-0.05, 0) is 25.0 Å². The summed E-state index contributed by atoms with van der Waals surface area (Å²) >= 11 is 5.56. The fourth-order valence-corrected chi connectivity index (χ4v) is 2.69. The lowest BCUT2D eigenvalue weighted by Gasteiger charge is -2.25. The molecule has 1 aromatic rings. The predicted octanol–water partition coefficient (Wildman–Crippen LogP) is 3.51. The lowest BCUT2D eigenvalue weighted by molar-refractivity contribution is -0.143. The van der Waals surface area contributed by atoms with Crippen molar-refractivity contribution in [2.24, 2.45) is 0 Å². The minimum atomic E-state index is -1.32. The second-order valence-corrected chi connectivity index (χ2v) is 4.75. The Morgan fingerprint density at radius 2 is 1.88 bits per heavy atom. The second-order valence-electron chi connectivity index (χ2n) is 4.34. The Kier molecular flexibility index (Phi) is 3.08. The molecule has 1 aromatic carbocycles. The monoisotopic (exact) mass is 260 g/mol. The summed E-state index contributed by atoms with van der Waals surface area (Å²) in [4.78, 5) is 11.4. The van der Waals surface area contributed by atoms with Crippen molar-refractivity contribution in [3.05, 3.63) is 34.4 Å². The third-order valence-corrected chi connectivity index (χ3v) is 3.65. The van der Waals surface area contributed by atoms with Gasteiger partial charge in [-0.15, -0.1) is 0 Å². The molecule has 2 rings (SSSR count). The van der Waals surface area contributed by atoms with Gasteiger partial charge in [-0.3, -0.25) is 4.79 Å². The summed E-state index contributed by atoms with van der Waals surface area (Å²) < 4.78 is 27.1. The fourth-order valence-electron chi connectivity index (χ4n) is 2.48. The van der Waals surface area contributed by atoms with E-state index in [2.05, 4.69) is 0 Å². The molecule has 0 saturated heterocycles. The number of hydrogen-bond acceptors (Lipinski definition) is 1. The summed E-state index contributed by atoms with van der Waals surface area (Å²) in [5.41, 5.74) is -1.46. The van der Waals surface area contributed by atoms with E-state index in [1.165, 1.54) is 0 Å². The van der Waals surface area contributed by atoms with Gasteiger partial charge in [0.2, 0.25) is 0 Å². The van der Waals surface area contributed by atoms with Crippen LogP contribution in [0.25, 0.3) is 0 Å². The summed E-state index contributed by atoms with van der Waals surface area (Å²) in [6, 6.07) is 1.80. The molecular formula is C12H11ClF2O2. The lowest BCUT2D eigenvalue weighted by Crippen LogP contribution is -2.33.